The number of pyridine rings is 1. The van der Waals surface area contributed by atoms with Gasteiger partial charge in [-0.15, -0.1) is 11.8 Å². The summed E-state index contributed by atoms with van der Waals surface area (Å²) in [5.74, 6) is 1.11. The highest BCUT2D eigenvalue weighted by atomic mass is 79.9. The first-order valence-electron chi connectivity index (χ1n) is 5.64. The summed E-state index contributed by atoms with van der Waals surface area (Å²) in [6, 6.07) is 2.14. The Kier molecular flexibility index (Phi) is 6.39. The standard InChI is InChI=1S/C12H19BrN2S/c1-4-15(5-2)6-7-16-12-8-10(3)11(13)9-14-12/h8-9H,4-7H2,1-3H3. The van der Waals surface area contributed by atoms with E-state index < -0.39 is 0 Å². The topological polar surface area (TPSA) is 16.1 Å². The summed E-state index contributed by atoms with van der Waals surface area (Å²) in [6.07, 6.45) is 1.88. The van der Waals surface area contributed by atoms with E-state index in [9.17, 15) is 0 Å². The van der Waals surface area contributed by atoms with E-state index in [2.05, 4.69) is 52.7 Å². The van der Waals surface area contributed by atoms with E-state index in [0.717, 1.165) is 34.9 Å². The molecule has 1 heterocycles. The van der Waals surface area contributed by atoms with Crippen molar-refractivity contribution in [1.29, 1.82) is 0 Å². The van der Waals surface area contributed by atoms with Crippen LogP contribution in [-0.2, 0) is 0 Å². The summed E-state index contributed by atoms with van der Waals surface area (Å²) in [5, 5.41) is 1.12. The monoisotopic (exact) mass is 302 g/mol. The lowest BCUT2D eigenvalue weighted by Gasteiger charge is -2.17. The molecule has 1 rings (SSSR count). The largest absolute Gasteiger partial charge is 0.303 e. The van der Waals surface area contributed by atoms with Crippen molar-refractivity contribution in [3.63, 3.8) is 0 Å². The SMILES string of the molecule is CCN(CC)CCSc1cc(C)c(Br)cn1. The Labute approximate surface area is 111 Å². The van der Waals surface area contributed by atoms with Gasteiger partial charge in [-0.25, -0.2) is 4.98 Å². The lowest BCUT2D eigenvalue weighted by molar-refractivity contribution is 0.324. The first kappa shape index (κ1) is 14.0. The highest BCUT2D eigenvalue weighted by molar-refractivity contribution is 9.10. The van der Waals surface area contributed by atoms with E-state index >= 15 is 0 Å². The minimum Gasteiger partial charge on any atom is -0.303 e. The van der Waals surface area contributed by atoms with Gasteiger partial charge in [-0.3, -0.25) is 0 Å². The second kappa shape index (κ2) is 7.30. The molecule has 0 unspecified atom stereocenters. The minimum absolute atomic E-state index is 1.08. The van der Waals surface area contributed by atoms with Crippen LogP contribution in [0.1, 0.15) is 19.4 Å². The molecular weight excluding hydrogens is 284 g/mol. The van der Waals surface area contributed by atoms with Crippen molar-refractivity contribution >= 4 is 27.7 Å². The zero-order valence-electron chi connectivity index (χ0n) is 10.2. The summed E-state index contributed by atoms with van der Waals surface area (Å²) in [7, 11) is 0. The third-order valence-electron chi connectivity index (χ3n) is 2.57. The molecule has 0 aliphatic rings. The second-order valence-corrected chi connectivity index (χ2v) is 5.62. The average molecular weight is 303 g/mol. The van der Waals surface area contributed by atoms with Gasteiger partial charge in [0.05, 0.1) is 5.03 Å². The van der Waals surface area contributed by atoms with Gasteiger partial charge in [0, 0.05) is 23.0 Å². The third-order valence-corrected chi connectivity index (χ3v) is 4.31. The fourth-order valence-corrected chi connectivity index (χ4v) is 2.57. The lowest BCUT2D eigenvalue weighted by Crippen LogP contribution is -2.25. The molecule has 16 heavy (non-hydrogen) atoms. The Morgan fingerprint density at radius 1 is 1.38 bits per heavy atom. The van der Waals surface area contributed by atoms with Crippen LogP contribution in [0.5, 0.6) is 0 Å². The molecule has 0 saturated heterocycles. The molecule has 0 N–H and O–H groups in total. The summed E-state index contributed by atoms with van der Waals surface area (Å²) in [4.78, 5) is 6.81. The van der Waals surface area contributed by atoms with Gasteiger partial charge in [0.15, 0.2) is 0 Å². The highest BCUT2D eigenvalue weighted by Crippen LogP contribution is 2.21. The van der Waals surface area contributed by atoms with Gasteiger partial charge in [-0.2, -0.15) is 0 Å². The summed E-state index contributed by atoms with van der Waals surface area (Å²) in [5.41, 5.74) is 1.25. The van der Waals surface area contributed by atoms with Gasteiger partial charge < -0.3 is 4.90 Å². The van der Waals surface area contributed by atoms with Crippen LogP contribution in [0.25, 0.3) is 0 Å². The summed E-state index contributed by atoms with van der Waals surface area (Å²) < 4.78 is 1.08. The molecule has 1 aromatic heterocycles. The number of hydrogen-bond donors (Lipinski definition) is 0. The molecule has 0 aliphatic heterocycles. The number of rotatable bonds is 6. The molecule has 0 atom stereocenters. The van der Waals surface area contributed by atoms with Gasteiger partial charge in [-0.1, -0.05) is 13.8 Å². The van der Waals surface area contributed by atoms with Crippen molar-refractivity contribution in [3.8, 4) is 0 Å². The van der Waals surface area contributed by atoms with Crippen LogP contribution in [0.2, 0.25) is 0 Å². The molecule has 0 fully saturated rings. The Balaban J connectivity index is 2.40. The smallest absolute Gasteiger partial charge is 0.0963 e. The fraction of sp³-hybridized carbons (Fsp3) is 0.583. The van der Waals surface area contributed by atoms with Crippen molar-refractivity contribution in [1.82, 2.24) is 9.88 Å². The van der Waals surface area contributed by atoms with E-state index in [4.69, 9.17) is 0 Å². The molecule has 4 heteroatoms. The Morgan fingerprint density at radius 2 is 2.06 bits per heavy atom. The van der Waals surface area contributed by atoms with Crippen molar-refractivity contribution in [2.24, 2.45) is 0 Å². The summed E-state index contributed by atoms with van der Waals surface area (Å²) >= 11 is 5.29. The maximum Gasteiger partial charge on any atom is 0.0963 e. The van der Waals surface area contributed by atoms with Gasteiger partial charge in [0.1, 0.15) is 0 Å². The predicted molar refractivity (Wildman–Crippen MR) is 75.2 cm³/mol. The molecule has 0 saturated carbocycles. The molecule has 0 aromatic carbocycles. The van der Waals surface area contributed by atoms with Gasteiger partial charge >= 0.3 is 0 Å². The van der Waals surface area contributed by atoms with E-state index in [1.807, 2.05) is 18.0 Å². The van der Waals surface area contributed by atoms with Crippen LogP contribution in [0.15, 0.2) is 21.8 Å². The van der Waals surface area contributed by atoms with Crippen molar-refractivity contribution in [2.75, 3.05) is 25.4 Å². The van der Waals surface area contributed by atoms with Crippen LogP contribution in [-0.4, -0.2) is 35.3 Å². The van der Waals surface area contributed by atoms with Gasteiger partial charge in [0.2, 0.25) is 0 Å². The van der Waals surface area contributed by atoms with Crippen molar-refractivity contribution < 1.29 is 0 Å². The van der Waals surface area contributed by atoms with Gasteiger partial charge in [0.25, 0.3) is 0 Å². The molecule has 0 aliphatic carbocycles. The van der Waals surface area contributed by atoms with Crippen LogP contribution in [0.3, 0.4) is 0 Å². The quantitative estimate of drug-likeness (QED) is 0.747. The van der Waals surface area contributed by atoms with Crippen molar-refractivity contribution in [3.05, 3.63) is 22.3 Å². The normalized spacial score (nSPS) is 11.1. The average Bonchev–Trinajstić information content (AvgIpc) is 2.29. The van der Waals surface area contributed by atoms with E-state index in [-0.39, 0.29) is 0 Å². The zero-order valence-corrected chi connectivity index (χ0v) is 12.6. The fourth-order valence-electron chi connectivity index (χ4n) is 1.41. The third kappa shape index (κ3) is 4.44. The maximum atomic E-state index is 4.39. The van der Waals surface area contributed by atoms with E-state index in [1.165, 1.54) is 5.56 Å². The number of thioether (sulfide) groups is 1. The molecule has 0 bridgehead atoms. The molecule has 1 aromatic rings. The number of aromatic nitrogens is 1. The molecule has 0 amide bonds. The first-order chi connectivity index (χ1) is 7.67. The number of aryl methyl sites for hydroxylation is 1. The first-order valence-corrected chi connectivity index (χ1v) is 7.42. The zero-order chi connectivity index (χ0) is 12.0. The lowest BCUT2D eigenvalue weighted by atomic mass is 10.3. The van der Waals surface area contributed by atoms with E-state index in [1.54, 1.807) is 0 Å². The van der Waals surface area contributed by atoms with Gasteiger partial charge in [-0.05, 0) is 47.6 Å². The molecular formula is C12H19BrN2S. The maximum absolute atomic E-state index is 4.39. The van der Waals surface area contributed by atoms with Crippen LogP contribution >= 0.6 is 27.7 Å². The second-order valence-electron chi connectivity index (χ2n) is 3.65. The summed E-state index contributed by atoms with van der Waals surface area (Å²) in [6.45, 7) is 9.90. The number of nitrogens with zero attached hydrogens (tertiary/aromatic N) is 2. The molecule has 0 spiro atoms. The Hall–Kier alpha value is -0.0600. The number of halogens is 1. The molecule has 90 valence electrons. The van der Waals surface area contributed by atoms with Crippen LogP contribution in [0, 0.1) is 6.92 Å². The minimum atomic E-state index is 1.08. The highest BCUT2D eigenvalue weighted by Gasteiger charge is 2.02. The Bertz CT molecular complexity index is 327. The Morgan fingerprint density at radius 3 is 2.62 bits per heavy atom. The van der Waals surface area contributed by atoms with Crippen LogP contribution < -0.4 is 0 Å². The van der Waals surface area contributed by atoms with E-state index in [0.29, 0.717) is 0 Å². The molecule has 0 radical (unpaired) electrons. The van der Waals surface area contributed by atoms with Crippen molar-refractivity contribution in [2.45, 2.75) is 25.8 Å². The predicted octanol–water partition coefficient (Wildman–Crippen LogP) is 3.59. The molecule has 2 nitrogen and oxygen atoms in total. The number of hydrogen-bond acceptors (Lipinski definition) is 3. The van der Waals surface area contributed by atoms with Crippen LogP contribution in [0.4, 0.5) is 0 Å².